The Balaban J connectivity index is -0.0000000275. The standard InChI is InChI=1S/CH4OSi.CH3.Al.H2O/c1-3-2;;;/h3H,1H3;1H3;;1H2/q-1;;;/p-1. The Hall–Kier alpha value is 0.669. The monoisotopic (exact) mass is 119 g/mol. The van der Waals surface area contributed by atoms with Gasteiger partial charge >= 0.3 is 0 Å². The van der Waals surface area contributed by atoms with Crippen LogP contribution < -0.4 is 4.80 Å². The SMILES string of the molecule is C[SiH][O-].[CH3][Al].[OH-]. The summed E-state index contributed by atoms with van der Waals surface area (Å²) in [6, 6.07) is 0. The summed E-state index contributed by atoms with van der Waals surface area (Å²) < 4.78 is 0. The molecule has 0 aromatic carbocycles. The van der Waals surface area contributed by atoms with Crippen LogP contribution in [0.3, 0.4) is 0 Å². The second-order valence-electron chi connectivity index (χ2n) is 0.236. The van der Waals surface area contributed by atoms with E-state index in [4.69, 9.17) is 4.80 Å². The number of hydrogen-bond acceptors (Lipinski definition) is 2. The highest BCUT2D eigenvalue weighted by atomic mass is 28.2. The lowest BCUT2D eigenvalue weighted by molar-refractivity contribution is -0.179. The van der Waals surface area contributed by atoms with Gasteiger partial charge in [-0.15, -0.1) is 5.79 Å². The van der Waals surface area contributed by atoms with E-state index in [0.29, 0.717) is 0 Å². The van der Waals surface area contributed by atoms with Crippen molar-refractivity contribution in [3.63, 3.8) is 0 Å². The highest BCUT2D eigenvalue weighted by molar-refractivity contribution is 6.20. The summed E-state index contributed by atoms with van der Waals surface area (Å²) in [5, 5.41) is 0. The van der Waals surface area contributed by atoms with E-state index in [9.17, 15) is 0 Å². The summed E-state index contributed by atoms with van der Waals surface area (Å²) in [4.78, 5) is 9.01. The summed E-state index contributed by atoms with van der Waals surface area (Å²) in [5.74, 6) is 1.92. The van der Waals surface area contributed by atoms with E-state index in [1.54, 1.807) is 6.55 Å². The van der Waals surface area contributed by atoms with Crippen LogP contribution in [0.2, 0.25) is 12.3 Å². The number of rotatable bonds is 0. The zero-order valence-corrected chi connectivity index (χ0v) is 6.32. The summed E-state index contributed by atoms with van der Waals surface area (Å²) in [6.07, 6.45) is 0. The fourth-order valence-electron chi connectivity index (χ4n) is 0. The van der Waals surface area contributed by atoms with E-state index < -0.39 is 9.76 Å². The van der Waals surface area contributed by atoms with Crippen LogP contribution >= 0.6 is 0 Å². The van der Waals surface area contributed by atoms with Crippen molar-refractivity contribution in [1.29, 1.82) is 0 Å². The average molecular weight is 119 g/mol. The molecule has 0 unspecified atom stereocenters. The molecule has 0 aliphatic rings. The van der Waals surface area contributed by atoms with Gasteiger partial charge in [0.05, 0.1) is 0 Å². The smallest absolute Gasteiger partial charge is 0.112 e. The maximum absolute atomic E-state index is 9.01. The largest absolute Gasteiger partial charge is 0.870 e. The molecule has 0 aromatic rings. The van der Waals surface area contributed by atoms with Gasteiger partial charge in [-0.2, -0.15) is 0 Å². The summed E-state index contributed by atoms with van der Waals surface area (Å²) in [5.41, 5.74) is 0. The quantitative estimate of drug-likeness (QED) is 0.375. The molecule has 0 saturated heterocycles. The second-order valence-corrected chi connectivity index (χ2v) is 0.707. The fraction of sp³-hybridized carbons (Fsp3) is 1.00. The van der Waals surface area contributed by atoms with Crippen molar-refractivity contribution in [2.75, 3.05) is 0 Å². The van der Waals surface area contributed by atoms with Crippen molar-refractivity contribution in [2.24, 2.45) is 0 Å². The van der Waals surface area contributed by atoms with Crippen molar-refractivity contribution >= 4 is 26.1 Å². The molecule has 0 spiro atoms. The van der Waals surface area contributed by atoms with Crippen molar-refractivity contribution < 1.29 is 10.3 Å². The molecule has 0 fully saturated rings. The summed E-state index contributed by atoms with van der Waals surface area (Å²) >= 11 is 2.42. The van der Waals surface area contributed by atoms with Crippen LogP contribution in [0.25, 0.3) is 0 Å². The zero-order valence-electron chi connectivity index (χ0n) is 4.01. The van der Waals surface area contributed by atoms with E-state index in [2.05, 4.69) is 16.3 Å². The Labute approximate surface area is 49.2 Å². The molecule has 6 heavy (non-hydrogen) atoms. The van der Waals surface area contributed by atoms with Gasteiger partial charge in [-0.1, -0.05) is 16.3 Å². The van der Waals surface area contributed by atoms with E-state index in [-0.39, 0.29) is 5.48 Å². The molecule has 0 saturated carbocycles. The first-order valence-electron chi connectivity index (χ1n) is 1.39. The van der Waals surface area contributed by atoms with Gasteiger partial charge in [0.2, 0.25) is 0 Å². The van der Waals surface area contributed by atoms with Crippen molar-refractivity contribution in [1.82, 2.24) is 0 Å². The molecule has 0 aromatic heterocycles. The molecule has 37 valence electrons. The Bertz CT molecular complexity index is 11.5. The third-order valence-corrected chi connectivity index (χ3v) is 0. The second kappa shape index (κ2) is 44.4. The highest BCUT2D eigenvalue weighted by Gasteiger charge is 1.18. The van der Waals surface area contributed by atoms with E-state index in [1.165, 1.54) is 0 Å². The van der Waals surface area contributed by atoms with E-state index >= 15 is 0 Å². The van der Waals surface area contributed by atoms with Crippen molar-refractivity contribution in [3.8, 4) is 0 Å². The minimum atomic E-state index is -0.500. The van der Waals surface area contributed by atoms with Gasteiger partial charge in [-0.3, -0.25) is 0 Å². The first-order valence-corrected chi connectivity index (χ1v) is 4.17. The molecule has 0 heterocycles. The average Bonchev–Trinajstić information content (AvgIpc) is 1.46. The lowest BCUT2D eigenvalue weighted by Gasteiger charge is -1.78. The van der Waals surface area contributed by atoms with Gasteiger partial charge in [0.15, 0.2) is 0 Å². The third kappa shape index (κ3) is 140. The summed E-state index contributed by atoms with van der Waals surface area (Å²) in [7, 11) is -0.500. The molecule has 0 aliphatic carbocycles. The van der Waals surface area contributed by atoms with Gasteiger partial charge < -0.3 is 10.3 Å². The number of hydrogen-bond donors (Lipinski definition) is 0. The topological polar surface area (TPSA) is 53.1 Å². The molecular weight excluding hydrogens is 111 g/mol. The van der Waals surface area contributed by atoms with Crippen LogP contribution in [0.15, 0.2) is 0 Å². The molecule has 3 radical (unpaired) electrons. The Morgan fingerprint density at radius 1 is 1.50 bits per heavy atom. The zero-order chi connectivity index (χ0) is 4.71. The predicted molar refractivity (Wildman–Crippen MR) is 26.6 cm³/mol. The molecule has 0 amide bonds. The molecule has 0 rings (SSSR count). The van der Waals surface area contributed by atoms with E-state index in [0.717, 1.165) is 0 Å². The Morgan fingerprint density at radius 2 is 1.50 bits per heavy atom. The maximum Gasteiger partial charge on any atom is 0.112 e. The first kappa shape index (κ1) is 15.9. The molecular formula is C2H8AlO2Si-2. The maximum atomic E-state index is 9.01. The Kier molecular flexibility index (Phi) is 118. The summed E-state index contributed by atoms with van der Waals surface area (Å²) in [6.45, 7) is 1.65. The molecule has 4 heteroatoms. The minimum absolute atomic E-state index is 0. The highest BCUT2D eigenvalue weighted by Crippen LogP contribution is 1.14. The molecule has 2 nitrogen and oxygen atoms in total. The van der Waals surface area contributed by atoms with Crippen LogP contribution in [-0.2, 0) is 0 Å². The van der Waals surface area contributed by atoms with Crippen LogP contribution in [0.4, 0.5) is 0 Å². The molecule has 0 bridgehead atoms. The predicted octanol–water partition coefficient (Wildman–Crippen LogP) is -1.23. The van der Waals surface area contributed by atoms with Gasteiger partial charge in [0.1, 0.15) is 16.3 Å². The van der Waals surface area contributed by atoms with Crippen molar-refractivity contribution in [3.05, 3.63) is 0 Å². The van der Waals surface area contributed by atoms with E-state index in [1.807, 2.05) is 5.79 Å². The van der Waals surface area contributed by atoms with Crippen LogP contribution in [-0.4, -0.2) is 31.5 Å². The molecule has 0 aliphatic heterocycles. The normalized spacial score (nSPS) is 3.83. The minimum Gasteiger partial charge on any atom is -0.870 e. The lowest BCUT2D eigenvalue weighted by atomic mass is 11.9. The van der Waals surface area contributed by atoms with Crippen LogP contribution in [0.5, 0.6) is 0 Å². The molecule has 1 N–H and O–H groups in total. The van der Waals surface area contributed by atoms with Gasteiger partial charge in [0.25, 0.3) is 0 Å². The van der Waals surface area contributed by atoms with Gasteiger partial charge in [-0.05, 0) is 0 Å². The van der Waals surface area contributed by atoms with Gasteiger partial charge in [-0.25, -0.2) is 0 Å². The van der Waals surface area contributed by atoms with Crippen LogP contribution in [0.1, 0.15) is 0 Å². The third-order valence-electron chi connectivity index (χ3n) is 0. The Morgan fingerprint density at radius 3 is 1.50 bits per heavy atom. The van der Waals surface area contributed by atoms with Crippen molar-refractivity contribution in [2.45, 2.75) is 12.3 Å². The lowest BCUT2D eigenvalue weighted by Crippen LogP contribution is -2.02. The molecule has 0 atom stereocenters. The fourth-order valence-corrected chi connectivity index (χ4v) is 0. The van der Waals surface area contributed by atoms with Gasteiger partial charge in [0, 0.05) is 0 Å². The first-order chi connectivity index (χ1) is 2.41. The van der Waals surface area contributed by atoms with Crippen LogP contribution in [0, 0.1) is 0 Å².